The molecular weight excluding hydrogens is 332 g/mol. The van der Waals surface area contributed by atoms with Crippen LogP contribution in [-0.2, 0) is 29.5 Å². The molecular formula is C15H20N4O2S2. The number of hydrogen-bond acceptors (Lipinski definition) is 5. The first-order chi connectivity index (χ1) is 11.1. The lowest BCUT2D eigenvalue weighted by molar-refractivity contribution is 0.324. The van der Waals surface area contributed by atoms with E-state index in [1.54, 1.807) is 21.8 Å². The Morgan fingerprint density at radius 2 is 2.09 bits per heavy atom. The van der Waals surface area contributed by atoms with Crippen LogP contribution < -0.4 is 0 Å². The average Bonchev–Trinajstić information content (AvgIpc) is 3.29. The van der Waals surface area contributed by atoms with E-state index in [1.807, 2.05) is 0 Å². The van der Waals surface area contributed by atoms with Gasteiger partial charge in [0.2, 0.25) is 0 Å². The minimum atomic E-state index is -3.38. The number of thiophene rings is 1. The molecule has 1 fully saturated rings. The van der Waals surface area contributed by atoms with Crippen molar-refractivity contribution >= 4 is 21.4 Å². The topological polar surface area (TPSA) is 69.3 Å². The van der Waals surface area contributed by atoms with E-state index in [9.17, 15) is 8.42 Å². The minimum Gasteiger partial charge on any atom is -0.297 e. The first-order valence-electron chi connectivity index (χ1n) is 7.95. The molecule has 2 aromatic rings. The van der Waals surface area contributed by atoms with Crippen molar-refractivity contribution in [3.8, 4) is 0 Å². The van der Waals surface area contributed by atoms with Gasteiger partial charge in [-0.2, -0.15) is 9.40 Å². The lowest BCUT2D eigenvalue weighted by Gasteiger charge is -2.26. The van der Waals surface area contributed by atoms with Crippen LogP contribution in [0.5, 0.6) is 0 Å². The van der Waals surface area contributed by atoms with Crippen molar-refractivity contribution in [2.75, 3.05) is 19.6 Å². The van der Waals surface area contributed by atoms with Crippen molar-refractivity contribution in [1.29, 1.82) is 0 Å². The van der Waals surface area contributed by atoms with Gasteiger partial charge in [-0.15, -0.1) is 11.3 Å². The number of sulfonamides is 1. The predicted octanol–water partition coefficient (Wildman–Crippen LogP) is 1.81. The largest absolute Gasteiger partial charge is 0.297 e. The molecule has 0 atom stereocenters. The number of rotatable bonds is 4. The number of nitrogens with zero attached hydrogens (tertiary/aromatic N) is 3. The van der Waals surface area contributed by atoms with Gasteiger partial charge >= 0.3 is 0 Å². The molecule has 0 spiro atoms. The third-order valence-corrected chi connectivity index (χ3v) is 7.86. The second-order valence-electron chi connectivity index (χ2n) is 6.13. The van der Waals surface area contributed by atoms with Crippen LogP contribution in [0.4, 0.5) is 0 Å². The summed E-state index contributed by atoms with van der Waals surface area (Å²) in [6.45, 7) is 4.08. The van der Waals surface area contributed by atoms with Crippen molar-refractivity contribution in [3.05, 3.63) is 34.5 Å². The molecule has 8 heteroatoms. The molecule has 0 aromatic carbocycles. The molecule has 0 unspecified atom stereocenters. The molecule has 4 rings (SSSR count). The summed E-state index contributed by atoms with van der Waals surface area (Å²) in [6.07, 6.45) is 3.26. The van der Waals surface area contributed by atoms with E-state index in [2.05, 4.69) is 15.1 Å². The maximum atomic E-state index is 12.6. The number of H-pyrrole nitrogens is 1. The minimum absolute atomic E-state index is 0.391. The molecule has 0 bridgehead atoms. The molecule has 1 saturated heterocycles. The highest BCUT2D eigenvalue weighted by atomic mass is 32.2. The Kier molecular flexibility index (Phi) is 4.00. The van der Waals surface area contributed by atoms with Crippen LogP contribution in [0.3, 0.4) is 0 Å². The average molecular weight is 352 g/mol. The fraction of sp³-hybridized carbons (Fsp3) is 0.533. The zero-order valence-corrected chi connectivity index (χ0v) is 14.5. The van der Waals surface area contributed by atoms with Gasteiger partial charge in [0, 0.05) is 18.7 Å². The van der Waals surface area contributed by atoms with Crippen LogP contribution in [0.2, 0.25) is 0 Å². The quantitative estimate of drug-likeness (QED) is 0.911. The van der Waals surface area contributed by atoms with E-state index in [-0.39, 0.29) is 0 Å². The lowest BCUT2D eigenvalue weighted by Crippen LogP contribution is -2.35. The Morgan fingerprint density at radius 3 is 2.83 bits per heavy atom. The molecule has 4 heterocycles. The second-order valence-corrected chi connectivity index (χ2v) is 9.24. The summed E-state index contributed by atoms with van der Waals surface area (Å²) in [5.74, 6) is 0. The summed E-state index contributed by atoms with van der Waals surface area (Å²) in [4.78, 5) is 2.42. The summed E-state index contributed by atoms with van der Waals surface area (Å²) in [5, 5.41) is 9.32. The summed E-state index contributed by atoms with van der Waals surface area (Å²) < 4.78 is 27.2. The fourth-order valence-electron chi connectivity index (χ4n) is 3.39. The third-order valence-electron chi connectivity index (χ3n) is 4.65. The number of likely N-dealkylation sites (tertiary alicyclic amines) is 1. The standard InChI is InChI=1S/C15H20N4O2S2/c20-23(21,15-4-3-9-22-15)19-8-5-12-13(16-17-14(12)11-19)10-18-6-1-2-7-18/h3-4,9H,1-2,5-8,10-11H2,(H,16,17). The van der Waals surface area contributed by atoms with Crippen molar-refractivity contribution in [1.82, 2.24) is 19.4 Å². The molecule has 23 heavy (non-hydrogen) atoms. The van der Waals surface area contributed by atoms with Gasteiger partial charge in [-0.3, -0.25) is 10.00 Å². The third kappa shape index (κ3) is 2.84. The molecule has 0 amide bonds. The van der Waals surface area contributed by atoms with E-state index >= 15 is 0 Å². The Morgan fingerprint density at radius 1 is 1.26 bits per heavy atom. The Labute approximate surface area is 140 Å². The van der Waals surface area contributed by atoms with E-state index in [4.69, 9.17) is 0 Å². The van der Waals surface area contributed by atoms with E-state index in [0.29, 0.717) is 17.3 Å². The molecule has 0 aliphatic carbocycles. The van der Waals surface area contributed by atoms with Gasteiger partial charge in [-0.05, 0) is 43.8 Å². The Bertz CT molecular complexity index is 777. The summed E-state index contributed by atoms with van der Waals surface area (Å²) in [5.41, 5.74) is 3.26. The van der Waals surface area contributed by atoms with E-state index < -0.39 is 10.0 Å². The van der Waals surface area contributed by atoms with Crippen molar-refractivity contribution in [3.63, 3.8) is 0 Å². The van der Waals surface area contributed by atoms with Gasteiger partial charge in [0.1, 0.15) is 4.21 Å². The van der Waals surface area contributed by atoms with Crippen molar-refractivity contribution in [2.24, 2.45) is 0 Å². The molecule has 2 aliphatic rings. The Balaban J connectivity index is 1.53. The summed E-state index contributed by atoms with van der Waals surface area (Å²) >= 11 is 1.27. The van der Waals surface area contributed by atoms with Crippen molar-refractivity contribution < 1.29 is 8.42 Å². The maximum Gasteiger partial charge on any atom is 0.252 e. The van der Waals surface area contributed by atoms with Crippen LogP contribution >= 0.6 is 11.3 Å². The van der Waals surface area contributed by atoms with Crippen LogP contribution in [0.15, 0.2) is 21.7 Å². The summed E-state index contributed by atoms with van der Waals surface area (Å²) in [7, 11) is -3.38. The molecule has 0 radical (unpaired) electrons. The highest BCUT2D eigenvalue weighted by molar-refractivity contribution is 7.91. The van der Waals surface area contributed by atoms with E-state index in [0.717, 1.165) is 37.4 Å². The zero-order valence-electron chi connectivity index (χ0n) is 12.9. The molecule has 0 saturated carbocycles. The normalized spacial score (nSPS) is 20.0. The highest BCUT2D eigenvalue weighted by Crippen LogP contribution is 2.28. The van der Waals surface area contributed by atoms with Gasteiger partial charge in [-0.25, -0.2) is 8.42 Å². The summed E-state index contributed by atoms with van der Waals surface area (Å²) in [6, 6.07) is 3.44. The van der Waals surface area contributed by atoms with Crippen LogP contribution in [0.1, 0.15) is 29.8 Å². The van der Waals surface area contributed by atoms with Gasteiger partial charge in [0.25, 0.3) is 10.0 Å². The molecule has 2 aliphatic heterocycles. The number of nitrogens with one attached hydrogen (secondary N) is 1. The van der Waals surface area contributed by atoms with Gasteiger partial charge in [0.05, 0.1) is 17.9 Å². The molecule has 6 nitrogen and oxygen atoms in total. The first-order valence-corrected chi connectivity index (χ1v) is 10.3. The molecule has 124 valence electrons. The van der Waals surface area contributed by atoms with Crippen LogP contribution in [0.25, 0.3) is 0 Å². The second kappa shape index (κ2) is 6.01. The predicted molar refractivity (Wildman–Crippen MR) is 88.7 cm³/mol. The number of aromatic amines is 1. The molecule has 1 N–H and O–H groups in total. The number of hydrogen-bond donors (Lipinski definition) is 1. The maximum absolute atomic E-state index is 12.6. The van der Waals surface area contributed by atoms with Gasteiger partial charge in [0.15, 0.2) is 0 Å². The van der Waals surface area contributed by atoms with Crippen molar-refractivity contribution in [2.45, 2.75) is 36.6 Å². The lowest BCUT2D eigenvalue weighted by atomic mass is 10.1. The van der Waals surface area contributed by atoms with Crippen LogP contribution in [-0.4, -0.2) is 47.5 Å². The van der Waals surface area contributed by atoms with Crippen LogP contribution in [0, 0.1) is 0 Å². The van der Waals surface area contributed by atoms with Gasteiger partial charge in [-0.1, -0.05) is 6.07 Å². The Hall–Kier alpha value is -1.22. The number of fused-ring (bicyclic) bond motifs is 1. The number of aromatic nitrogens is 2. The first kappa shape index (κ1) is 15.3. The smallest absolute Gasteiger partial charge is 0.252 e. The SMILES string of the molecule is O=S(=O)(c1cccs1)N1CCc2c(CN3CCCC3)n[nH]c2C1. The van der Waals surface area contributed by atoms with E-state index in [1.165, 1.54) is 29.7 Å². The van der Waals surface area contributed by atoms with Gasteiger partial charge < -0.3 is 0 Å². The monoisotopic (exact) mass is 352 g/mol. The fourth-order valence-corrected chi connectivity index (χ4v) is 5.94. The molecule has 2 aromatic heterocycles. The zero-order chi connectivity index (χ0) is 15.9. The highest BCUT2D eigenvalue weighted by Gasteiger charge is 2.31.